The van der Waals surface area contributed by atoms with Gasteiger partial charge in [0.15, 0.2) is 0 Å². The van der Waals surface area contributed by atoms with Crippen molar-refractivity contribution in [3.05, 3.63) is 0 Å². The molecule has 0 bridgehead atoms. The molecule has 1 radical (unpaired) electrons. The topological polar surface area (TPSA) is 32.3 Å². The van der Waals surface area contributed by atoms with Gasteiger partial charge in [-0.15, -0.1) is 0 Å². The Hall–Kier alpha value is 1.02. The van der Waals surface area contributed by atoms with E-state index in [1.807, 2.05) is 7.05 Å². The Kier molecular flexibility index (Phi) is 11.8. The molecule has 2 N–H and O–H groups in total. The Bertz CT molecular complexity index is 41.4. The molecule has 0 saturated heterocycles. The molecule has 0 aliphatic heterocycles. The Balaban J connectivity index is 0. The summed E-state index contributed by atoms with van der Waals surface area (Å²) in [7, 11) is 1.88. The number of aliphatic hydroxyl groups excluding tert-OH is 1. The summed E-state index contributed by atoms with van der Waals surface area (Å²) >= 11 is 0. The van der Waals surface area contributed by atoms with Crippen LogP contribution in [0.1, 0.15) is 13.3 Å². The van der Waals surface area contributed by atoms with Gasteiger partial charge in [-0.05, 0) is 26.9 Å². The molecule has 0 aromatic carbocycles. The zero-order chi connectivity index (χ0) is 5.70. The molecule has 0 amide bonds. The summed E-state index contributed by atoms with van der Waals surface area (Å²) in [5, 5.41) is 11.6. The molecular weight excluding hydrogens is 179 g/mol. The van der Waals surface area contributed by atoms with Crippen LogP contribution in [0.25, 0.3) is 0 Å². The van der Waals surface area contributed by atoms with E-state index in [0.29, 0.717) is 0 Å². The Morgan fingerprint density at radius 2 is 2.12 bits per heavy atom. The van der Waals surface area contributed by atoms with Crippen LogP contribution in [0.4, 0.5) is 0 Å². The van der Waals surface area contributed by atoms with Gasteiger partial charge in [0.05, 0.1) is 6.10 Å². The molecule has 0 aromatic rings. The molecule has 1 unspecified atom stereocenters. The van der Waals surface area contributed by atoms with E-state index in [0.717, 1.165) is 13.0 Å². The van der Waals surface area contributed by atoms with Gasteiger partial charge in [0.1, 0.15) is 0 Å². The van der Waals surface area contributed by atoms with E-state index in [1.165, 1.54) is 0 Å². The third-order valence-corrected chi connectivity index (χ3v) is 0.812. The molecule has 0 aromatic heterocycles. The normalized spacial score (nSPS) is 12.4. The minimum absolute atomic E-state index is 0. The second kappa shape index (κ2) is 8.02. The minimum atomic E-state index is -0.160. The van der Waals surface area contributed by atoms with Gasteiger partial charge in [0.2, 0.25) is 0 Å². The average molecular weight is 192 g/mol. The van der Waals surface area contributed by atoms with Gasteiger partial charge in [-0.2, -0.15) is 0 Å². The second-order valence-corrected chi connectivity index (χ2v) is 1.74. The first kappa shape index (κ1) is 11.8. The van der Waals surface area contributed by atoms with Crippen LogP contribution in [0.5, 0.6) is 0 Å². The molecule has 8 heavy (non-hydrogen) atoms. The molecule has 47 valence electrons. The summed E-state index contributed by atoms with van der Waals surface area (Å²) in [4.78, 5) is 0. The maximum absolute atomic E-state index is 8.64. The zero-order valence-electron chi connectivity index (χ0n) is 5.52. The van der Waals surface area contributed by atoms with E-state index in [9.17, 15) is 0 Å². The summed E-state index contributed by atoms with van der Waals surface area (Å²) in [6.07, 6.45) is 0.684. The Morgan fingerprint density at radius 1 is 1.62 bits per heavy atom. The number of hydrogen-bond donors (Lipinski definition) is 2. The van der Waals surface area contributed by atoms with E-state index >= 15 is 0 Å². The van der Waals surface area contributed by atoms with E-state index < -0.39 is 0 Å². The number of rotatable bonds is 3. The minimum Gasteiger partial charge on any atom is -0.393 e. The first-order valence-electron chi connectivity index (χ1n) is 2.60. The molecule has 0 aliphatic rings. The molecular formula is C5H13NOY. The predicted molar refractivity (Wildman–Crippen MR) is 30.2 cm³/mol. The largest absolute Gasteiger partial charge is 0.393 e. The van der Waals surface area contributed by atoms with Crippen molar-refractivity contribution >= 4 is 0 Å². The van der Waals surface area contributed by atoms with Gasteiger partial charge in [-0.3, -0.25) is 0 Å². The van der Waals surface area contributed by atoms with Crippen molar-refractivity contribution < 1.29 is 37.8 Å². The molecule has 3 heteroatoms. The standard InChI is InChI=1S/C5H13NO.Y/c1-5(7)3-4-6-2;/h5-7H,3-4H2,1-2H3;. The van der Waals surface area contributed by atoms with Crippen LogP contribution in [-0.4, -0.2) is 24.8 Å². The summed E-state index contributed by atoms with van der Waals surface area (Å²) < 4.78 is 0. The monoisotopic (exact) mass is 192 g/mol. The van der Waals surface area contributed by atoms with Crippen molar-refractivity contribution in [1.29, 1.82) is 0 Å². The van der Waals surface area contributed by atoms with Gasteiger partial charge >= 0.3 is 0 Å². The molecule has 0 fully saturated rings. The molecule has 0 aliphatic carbocycles. The summed E-state index contributed by atoms with van der Waals surface area (Å²) in [6, 6.07) is 0. The van der Waals surface area contributed by atoms with Crippen molar-refractivity contribution in [3.8, 4) is 0 Å². The summed E-state index contributed by atoms with van der Waals surface area (Å²) in [5.74, 6) is 0. The van der Waals surface area contributed by atoms with Gasteiger partial charge in [0.25, 0.3) is 0 Å². The first-order valence-corrected chi connectivity index (χ1v) is 2.60. The molecule has 2 nitrogen and oxygen atoms in total. The quantitative estimate of drug-likeness (QED) is 0.658. The maximum atomic E-state index is 8.64. The summed E-state index contributed by atoms with van der Waals surface area (Å²) in [6.45, 7) is 2.69. The Labute approximate surface area is 75.9 Å². The van der Waals surface area contributed by atoms with Crippen molar-refractivity contribution in [2.75, 3.05) is 13.6 Å². The van der Waals surface area contributed by atoms with E-state index in [-0.39, 0.29) is 38.8 Å². The Morgan fingerprint density at radius 3 is 2.25 bits per heavy atom. The van der Waals surface area contributed by atoms with Crippen LogP contribution >= 0.6 is 0 Å². The van der Waals surface area contributed by atoms with E-state index in [1.54, 1.807) is 6.92 Å². The van der Waals surface area contributed by atoms with Gasteiger partial charge in [-0.25, -0.2) is 0 Å². The molecule has 1 atom stereocenters. The third-order valence-electron chi connectivity index (χ3n) is 0.812. The van der Waals surface area contributed by atoms with Crippen molar-refractivity contribution in [2.24, 2.45) is 0 Å². The SMILES string of the molecule is CNCCC(C)O.[Y]. The van der Waals surface area contributed by atoms with Crippen LogP contribution < -0.4 is 5.32 Å². The molecule has 0 rings (SSSR count). The molecule has 0 spiro atoms. The zero-order valence-corrected chi connectivity index (χ0v) is 8.35. The molecule has 0 saturated carbocycles. The van der Waals surface area contributed by atoms with Gasteiger partial charge < -0.3 is 10.4 Å². The summed E-state index contributed by atoms with van der Waals surface area (Å²) in [5.41, 5.74) is 0. The van der Waals surface area contributed by atoms with Crippen molar-refractivity contribution in [1.82, 2.24) is 5.32 Å². The number of nitrogens with one attached hydrogen (secondary N) is 1. The fourth-order valence-electron chi connectivity index (χ4n) is 0.353. The first-order chi connectivity index (χ1) is 3.27. The average Bonchev–Trinajstić information content (AvgIpc) is 1.61. The van der Waals surface area contributed by atoms with Gasteiger partial charge in [0, 0.05) is 32.7 Å². The number of aliphatic hydroxyl groups is 1. The molecule has 0 heterocycles. The maximum Gasteiger partial charge on any atom is 0.0524 e. The van der Waals surface area contributed by atoms with E-state index in [2.05, 4.69) is 5.32 Å². The van der Waals surface area contributed by atoms with Crippen LogP contribution in [0, 0.1) is 0 Å². The van der Waals surface area contributed by atoms with Crippen LogP contribution in [0.2, 0.25) is 0 Å². The van der Waals surface area contributed by atoms with Crippen LogP contribution in [0.15, 0.2) is 0 Å². The van der Waals surface area contributed by atoms with Crippen LogP contribution in [-0.2, 0) is 32.7 Å². The third kappa shape index (κ3) is 10.1. The van der Waals surface area contributed by atoms with Gasteiger partial charge in [-0.1, -0.05) is 0 Å². The second-order valence-electron chi connectivity index (χ2n) is 1.74. The fourth-order valence-corrected chi connectivity index (χ4v) is 0.353. The van der Waals surface area contributed by atoms with Crippen molar-refractivity contribution in [3.63, 3.8) is 0 Å². The van der Waals surface area contributed by atoms with E-state index in [4.69, 9.17) is 5.11 Å². The fraction of sp³-hybridized carbons (Fsp3) is 1.00. The van der Waals surface area contributed by atoms with Crippen molar-refractivity contribution in [2.45, 2.75) is 19.4 Å². The van der Waals surface area contributed by atoms with Crippen LogP contribution in [0.3, 0.4) is 0 Å². The smallest absolute Gasteiger partial charge is 0.0524 e. The number of hydrogen-bond acceptors (Lipinski definition) is 2. The predicted octanol–water partition coefficient (Wildman–Crippen LogP) is -0.0258.